The summed E-state index contributed by atoms with van der Waals surface area (Å²) in [5, 5.41) is 23.5. The minimum absolute atomic E-state index is 0.0169. The van der Waals surface area contributed by atoms with Gasteiger partial charge in [0.05, 0.1) is 42.4 Å². The number of halogens is 2. The van der Waals surface area contributed by atoms with Crippen molar-refractivity contribution in [1.29, 1.82) is 0 Å². The molecule has 0 radical (unpaired) electrons. The SMILES string of the molecule is CC(C)(C)NC(=O)[C@@H]1C[C@@H]2CCCC[C@@H]2CN1C[C@@H](O)[C@H](Cc1ccccc1)NC(=O)[C@H](CC(N)=O)NC(=O)c1ccc2ccccc2n1.CC(C)c1nc(COC(N)=O)n(Cc2ccncc2)c1Sc1cc(Cl)cc(Cl)c1. The molecule has 20 heteroatoms. The molecule has 1 saturated heterocycles. The van der Waals surface area contributed by atoms with Crippen LogP contribution in [0.3, 0.4) is 0 Å². The van der Waals surface area contributed by atoms with Gasteiger partial charge in [-0.1, -0.05) is 123 Å². The van der Waals surface area contributed by atoms with Crippen LogP contribution >= 0.6 is 35.0 Å². The van der Waals surface area contributed by atoms with E-state index in [-0.39, 0.29) is 37.1 Å². The Labute approximate surface area is 470 Å². The van der Waals surface area contributed by atoms with Crippen molar-refractivity contribution in [2.24, 2.45) is 23.3 Å². The van der Waals surface area contributed by atoms with E-state index >= 15 is 0 Å². The number of piperidine rings is 1. The summed E-state index contributed by atoms with van der Waals surface area (Å²) < 4.78 is 7.06. The maximum absolute atomic E-state index is 13.8. The Morgan fingerprint density at radius 1 is 0.846 bits per heavy atom. The maximum Gasteiger partial charge on any atom is 0.404 e. The van der Waals surface area contributed by atoms with E-state index in [0.29, 0.717) is 46.3 Å². The second-order valence-electron chi connectivity index (χ2n) is 21.3. The number of fused-ring (bicyclic) bond motifs is 2. The fourth-order valence-electron chi connectivity index (χ4n) is 10.0. The molecular weight excluding hydrogens is 1050 g/mol. The molecule has 78 heavy (non-hydrogen) atoms. The van der Waals surface area contributed by atoms with Crippen LogP contribution in [0.1, 0.15) is 112 Å². The number of β-amino-alcohol motifs (C(OH)–C–C–N with tert-alkyl or cyclic N) is 1. The summed E-state index contributed by atoms with van der Waals surface area (Å²) in [7, 11) is 0. The zero-order valence-corrected chi connectivity index (χ0v) is 47.0. The van der Waals surface area contributed by atoms with Crippen molar-refractivity contribution in [2.75, 3.05) is 13.1 Å². The lowest BCUT2D eigenvalue weighted by Crippen LogP contribution is -2.61. The fraction of sp³-hybridized carbons (Fsp3) is 0.414. The van der Waals surface area contributed by atoms with Crippen molar-refractivity contribution < 1.29 is 33.8 Å². The number of aliphatic hydroxyl groups is 1. The number of carbonyl (C=O) groups excluding carboxylic acids is 5. The van der Waals surface area contributed by atoms with Crippen LogP contribution in [0.4, 0.5) is 4.79 Å². The Morgan fingerprint density at radius 2 is 1.53 bits per heavy atom. The largest absolute Gasteiger partial charge is 0.442 e. The number of rotatable bonds is 19. The Kier molecular flexibility index (Phi) is 20.7. The third-order valence-corrected chi connectivity index (χ3v) is 15.3. The lowest BCUT2D eigenvalue weighted by atomic mass is 9.72. The molecule has 6 aromatic rings. The van der Waals surface area contributed by atoms with Crippen molar-refractivity contribution in [3.8, 4) is 0 Å². The first kappa shape index (κ1) is 59.1. The van der Waals surface area contributed by atoms with Gasteiger partial charge in [0.15, 0.2) is 6.61 Å². The van der Waals surface area contributed by atoms with Crippen molar-refractivity contribution in [2.45, 2.75) is 138 Å². The van der Waals surface area contributed by atoms with Crippen LogP contribution in [0.15, 0.2) is 119 Å². The van der Waals surface area contributed by atoms with Crippen LogP contribution in [0.25, 0.3) is 10.9 Å². The van der Waals surface area contributed by atoms with Crippen LogP contribution in [0.5, 0.6) is 0 Å². The molecule has 1 saturated carbocycles. The topological polar surface area (TPSA) is 250 Å². The summed E-state index contributed by atoms with van der Waals surface area (Å²) >= 11 is 13.9. The number of carbonyl (C=O) groups is 5. The Bertz CT molecular complexity index is 3010. The van der Waals surface area contributed by atoms with Gasteiger partial charge in [0.1, 0.15) is 22.6 Å². The number of nitrogens with one attached hydrogen (secondary N) is 3. The first-order valence-corrected chi connectivity index (χ1v) is 27.8. The number of para-hydroxylation sites is 1. The van der Waals surface area contributed by atoms with Gasteiger partial charge in [-0.3, -0.25) is 29.1 Å². The van der Waals surface area contributed by atoms with E-state index in [2.05, 4.69) is 44.7 Å². The number of hydrogen-bond donors (Lipinski definition) is 6. The third kappa shape index (κ3) is 17.0. The lowest BCUT2D eigenvalue weighted by Gasteiger charge is -2.47. The number of nitrogens with two attached hydrogens (primary N) is 2. The predicted octanol–water partition coefficient (Wildman–Crippen LogP) is 8.60. The summed E-state index contributed by atoms with van der Waals surface area (Å²) in [4.78, 5) is 80.1. The summed E-state index contributed by atoms with van der Waals surface area (Å²) in [6, 6.07) is 26.9. The van der Waals surface area contributed by atoms with E-state index in [1.807, 2.05) is 98.1 Å². The fourth-order valence-corrected chi connectivity index (χ4v) is 11.9. The number of aliphatic hydroxyl groups excluding tert-OH is 1. The number of nitrogens with zero attached hydrogens (tertiary/aromatic N) is 5. The number of aromatic nitrogens is 4. The summed E-state index contributed by atoms with van der Waals surface area (Å²) in [6.45, 7) is 11.4. The van der Waals surface area contributed by atoms with Gasteiger partial charge in [-0.05, 0) is 111 Å². The Morgan fingerprint density at radius 3 is 2.19 bits per heavy atom. The first-order valence-electron chi connectivity index (χ1n) is 26.3. The molecule has 414 valence electrons. The molecule has 6 atom stereocenters. The molecule has 8 rings (SSSR count). The monoisotopic (exact) mass is 1120 g/mol. The lowest BCUT2D eigenvalue weighted by molar-refractivity contribution is -0.133. The van der Waals surface area contributed by atoms with Crippen LogP contribution in [0, 0.1) is 11.8 Å². The van der Waals surface area contributed by atoms with Crippen LogP contribution < -0.4 is 27.4 Å². The average molecular weight is 1120 g/mol. The Hall–Kier alpha value is -6.57. The molecule has 8 N–H and O–H groups in total. The van der Waals surface area contributed by atoms with Gasteiger partial charge in [0.25, 0.3) is 5.91 Å². The van der Waals surface area contributed by atoms with E-state index in [1.165, 1.54) is 18.2 Å². The van der Waals surface area contributed by atoms with E-state index in [9.17, 15) is 29.1 Å². The summed E-state index contributed by atoms with van der Waals surface area (Å²) in [5.41, 5.74) is 13.8. The molecular formula is C58H70Cl2N10O7S. The van der Waals surface area contributed by atoms with Gasteiger partial charge in [-0.2, -0.15) is 0 Å². The maximum atomic E-state index is 13.8. The third-order valence-electron chi connectivity index (χ3n) is 13.7. The van der Waals surface area contributed by atoms with Crippen molar-refractivity contribution in [3.05, 3.63) is 148 Å². The van der Waals surface area contributed by atoms with Gasteiger partial charge < -0.3 is 41.8 Å². The van der Waals surface area contributed by atoms with E-state index < -0.39 is 60.0 Å². The highest BCUT2D eigenvalue weighted by molar-refractivity contribution is 7.99. The van der Waals surface area contributed by atoms with E-state index in [0.717, 1.165) is 57.8 Å². The zero-order chi connectivity index (χ0) is 56.1. The highest BCUT2D eigenvalue weighted by Gasteiger charge is 2.42. The van der Waals surface area contributed by atoms with Gasteiger partial charge >= 0.3 is 6.09 Å². The number of hydrogen-bond acceptors (Lipinski definition) is 12. The number of amides is 5. The van der Waals surface area contributed by atoms with Gasteiger partial charge in [0.2, 0.25) is 17.7 Å². The predicted molar refractivity (Wildman–Crippen MR) is 303 cm³/mol. The van der Waals surface area contributed by atoms with E-state index in [4.69, 9.17) is 44.4 Å². The molecule has 1 aliphatic heterocycles. The molecule has 4 heterocycles. The van der Waals surface area contributed by atoms with Gasteiger partial charge in [0, 0.05) is 51.3 Å². The number of imidazole rings is 1. The number of likely N-dealkylation sites (tertiary alicyclic amines) is 1. The summed E-state index contributed by atoms with van der Waals surface area (Å²) in [6.07, 6.45) is 6.66. The summed E-state index contributed by atoms with van der Waals surface area (Å²) in [5.74, 6) is -0.433. The molecule has 2 fully saturated rings. The Balaban J connectivity index is 0.000000258. The molecule has 0 bridgehead atoms. The standard InChI is InChI=1S/C38H50N6O5.C20H20Cl2N4O2S/c1-38(2,3)43-37(49)32-20-26-14-7-8-15-27(26)22-44(32)23-33(45)30(19-24-11-5-4-6-12-24)41-36(48)31(21-34(39)46)42-35(47)29-18-17-25-13-9-10-16-28(25)40-29;1-12(2)18-19(29-16-8-14(21)7-15(22)9-16)26(10-13-3-5-24-6-4-13)17(25-18)11-28-20(23)27/h4-6,9-13,16-18,26-27,30-33,45H,7-8,14-15,19-23H2,1-3H3,(H2,39,46)(H,41,48)(H,42,47)(H,43,49);3-9,12H,10-11H2,1-2H3,(H2,23,27)/t26-,27+,30-,31-,32-,33+;/m0./s1. The molecule has 3 aromatic heterocycles. The highest BCUT2D eigenvalue weighted by Crippen LogP contribution is 2.40. The quantitative estimate of drug-likeness (QED) is 0.0446. The van der Waals surface area contributed by atoms with Crippen molar-refractivity contribution in [3.63, 3.8) is 0 Å². The molecule has 1 aliphatic carbocycles. The second-order valence-corrected chi connectivity index (χ2v) is 23.3. The smallest absolute Gasteiger partial charge is 0.404 e. The number of benzene rings is 3. The van der Waals surface area contributed by atoms with Crippen LogP contribution in [-0.4, -0.2) is 102 Å². The number of ether oxygens (including phenoxy) is 1. The molecule has 0 spiro atoms. The molecule has 2 aliphatic rings. The minimum Gasteiger partial charge on any atom is -0.442 e. The molecule has 17 nitrogen and oxygen atoms in total. The first-order chi connectivity index (χ1) is 37.2. The number of primary amides is 2. The normalized spacial score (nSPS) is 17.6. The van der Waals surface area contributed by atoms with Gasteiger partial charge in [-0.15, -0.1) is 0 Å². The minimum atomic E-state index is -1.30. The van der Waals surface area contributed by atoms with Crippen molar-refractivity contribution >= 4 is 75.6 Å². The zero-order valence-electron chi connectivity index (χ0n) is 44.7. The van der Waals surface area contributed by atoms with E-state index in [1.54, 1.807) is 36.7 Å². The molecule has 5 amide bonds. The van der Waals surface area contributed by atoms with Gasteiger partial charge in [-0.25, -0.2) is 14.8 Å². The molecule has 3 aromatic carbocycles. The number of pyridine rings is 2. The van der Waals surface area contributed by atoms with Crippen LogP contribution in [0.2, 0.25) is 10.0 Å². The second kappa shape index (κ2) is 27.3. The average Bonchev–Trinajstić information content (AvgIpc) is 3.81. The molecule has 0 unspecified atom stereocenters. The van der Waals surface area contributed by atoms with Crippen molar-refractivity contribution in [1.82, 2.24) is 40.4 Å². The van der Waals surface area contributed by atoms with Crippen LogP contribution in [-0.2, 0) is 38.7 Å². The highest BCUT2D eigenvalue weighted by atomic mass is 35.5.